The van der Waals surface area contributed by atoms with Gasteiger partial charge in [0.25, 0.3) is 0 Å². The van der Waals surface area contributed by atoms with E-state index in [2.05, 4.69) is 175 Å². The molecular weight excluding hydrogens is 659 g/mol. The molecule has 0 aliphatic rings. The van der Waals surface area contributed by atoms with Crippen LogP contribution < -0.4 is 0 Å². The lowest BCUT2D eigenvalue weighted by molar-refractivity contribution is 0.590. The average Bonchev–Trinajstić information content (AvgIpc) is 3.74. The van der Waals surface area contributed by atoms with Gasteiger partial charge in [-0.25, -0.2) is 4.98 Å². The molecule has 0 amide bonds. The summed E-state index contributed by atoms with van der Waals surface area (Å²) in [6.07, 6.45) is 0. The van der Waals surface area contributed by atoms with Crippen molar-refractivity contribution in [3.8, 4) is 45.5 Å². The van der Waals surface area contributed by atoms with Gasteiger partial charge in [0.2, 0.25) is 5.95 Å². The number of benzene rings is 7. The van der Waals surface area contributed by atoms with Crippen LogP contribution in [0.3, 0.4) is 0 Å². The van der Waals surface area contributed by atoms with Gasteiger partial charge in [-0.1, -0.05) is 166 Å². The van der Waals surface area contributed by atoms with E-state index >= 15 is 0 Å². The zero-order chi connectivity index (χ0) is 36.4. The fourth-order valence-electron chi connectivity index (χ4n) is 7.84. The van der Waals surface area contributed by atoms with E-state index in [0.717, 1.165) is 55.2 Å². The summed E-state index contributed by atoms with van der Waals surface area (Å²) in [4.78, 5) is 15.7. The number of hydrogen-bond acceptors (Lipinski definition) is 3. The van der Waals surface area contributed by atoms with Gasteiger partial charge in [0, 0.05) is 38.4 Å². The lowest BCUT2D eigenvalue weighted by Gasteiger charge is -2.20. The molecule has 0 bridgehead atoms. The molecule has 54 heavy (non-hydrogen) atoms. The summed E-state index contributed by atoms with van der Waals surface area (Å²) in [7, 11) is 0. The van der Waals surface area contributed by atoms with Gasteiger partial charge in [0.05, 0.1) is 22.1 Å². The summed E-state index contributed by atoms with van der Waals surface area (Å²) in [5.74, 6) is 1.82. The van der Waals surface area contributed by atoms with E-state index in [1.165, 1.54) is 21.9 Å². The molecule has 10 rings (SSSR count). The van der Waals surface area contributed by atoms with E-state index < -0.39 is 0 Å². The summed E-state index contributed by atoms with van der Waals surface area (Å²) in [6, 6.07) is 60.0. The van der Waals surface area contributed by atoms with Crippen molar-refractivity contribution < 1.29 is 0 Å². The molecule has 5 nitrogen and oxygen atoms in total. The molecule has 0 radical (unpaired) electrons. The molecule has 0 saturated carbocycles. The van der Waals surface area contributed by atoms with Gasteiger partial charge >= 0.3 is 0 Å². The standard InChI is InChI=1S/C49H37N5/c1-49(2,3)36-19-14-20-37(31-36)53-42-23-12-10-21-38(42)40-29-30-41-39-22-11-13-24-43(39)54(45(41)44(40)53)48-51-46(34-17-8-5-9-18-34)50-47(52-48)35-27-25-33(26-28-35)32-15-6-4-7-16-32/h4-31H,1-3H3. The molecule has 0 saturated heterocycles. The minimum atomic E-state index is -0.00654. The summed E-state index contributed by atoms with van der Waals surface area (Å²) < 4.78 is 4.69. The number of aromatic nitrogens is 5. The molecule has 0 aliphatic heterocycles. The van der Waals surface area contributed by atoms with Gasteiger partial charge in [-0.2, -0.15) is 9.97 Å². The monoisotopic (exact) mass is 695 g/mol. The number of para-hydroxylation sites is 2. The van der Waals surface area contributed by atoms with Gasteiger partial charge in [-0.05, 0) is 46.4 Å². The van der Waals surface area contributed by atoms with Crippen LogP contribution in [0.5, 0.6) is 0 Å². The molecule has 3 aromatic heterocycles. The smallest absolute Gasteiger partial charge is 0.238 e. The van der Waals surface area contributed by atoms with Crippen LogP contribution in [0.1, 0.15) is 26.3 Å². The number of nitrogens with zero attached hydrogens (tertiary/aromatic N) is 5. The third-order valence-electron chi connectivity index (χ3n) is 10.5. The highest BCUT2D eigenvalue weighted by Gasteiger charge is 2.24. The second-order valence-electron chi connectivity index (χ2n) is 15.0. The molecule has 0 atom stereocenters. The van der Waals surface area contributed by atoms with Crippen molar-refractivity contribution in [2.24, 2.45) is 0 Å². The first-order valence-electron chi connectivity index (χ1n) is 18.5. The third-order valence-corrected chi connectivity index (χ3v) is 10.5. The van der Waals surface area contributed by atoms with Crippen LogP contribution in [0.2, 0.25) is 0 Å². The Kier molecular flexibility index (Phi) is 7.31. The van der Waals surface area contributed by atoms with Gasteiger partial charge in [0.1, 0.15) is 0 Å². The largest absolute Gasteiger partial charge is 0.307 e. The summed E-state index contributed by atoms with van der Waals surface area (Å²) >= 11 is 0. The van der Waals surface area contributed by atoms with Crippen LogP contribution in [0.4, 0.5) is 0 Å². The van der Waals surface area contributed by atoms with Gasteiger partial charge in [-0.15, -0.1) is 0 Å². The van der Waals surface area contributed by atoms with Crippen molar-refractivity contribution in [2.75, 3.05) is 0 Å². The Morgan fingerprint density at radius 1 is 0.389 bits per heavy atom. The molecule has 0 unspecified atom stereocenters. The summed E-state index contributed by atoms with van der Waals surface area (Å²) in [5.41, 5.74) is 10.9. The molecule has 5 heteroatoms. The van der Waals surface area contributed by atoms with Crippen LogP contribution >= 0.6 is 0 Å². The topological polar surface area (TPSA) is 48.5 Å². The minimum Gasteiger partial charge on any atom is -0.307 e. The zero-order valence-electron chi connectivity index (χ0n) is 30.4. The second-order valence-corrected chi connectivity index (χ2v) is 15.0. The van der Waals surface area contributed by atoms with Crippen molar-refractivity contribution in [2.45, 2.75) is 26.2 Å². The molecule has 0 N–H and O–H groups in total. The van der Waals surface area contributed by atoms with E-state index in [0.29, 0.717) is 17.6 Å². The Hall–Kier alpha value is -6.85. The van der Waals surface area contributed by atoms with Crippen LogP contribution in [0.15, 0.2) is 170 Å². The Balaban J connectivity index is 1.30. The quantitative estimate of drug-likeness (QED) is 0.180. The van der Waals surface area contributed by atoms with E-state index in [4.69, 9.17) is 15.0 Å². The minimum absolute atomic E-state index is 0.00654. The molecule has 7 aromatic carbocycles. The normalized spacial score (nSPS) is 12.0. The predicted molar refractivity (Wildman–Crippen MR) is 224 cm³/mol. The van der Waals surface area contributed by atoms with E-state index in [1.807, 2.05) is 24.3 Å². The zero-order valence-corrected chi connectivity index (χ0v) is 30.4. The van der Waals surface area contributed by atoms with Crippen LogP contribution in [-0.2, 0) is 5.41 Å². The van der Waals surface area contributed by atoms with E-state index in [-0.39, 0.29) is 5.41 Å². The fraction of sp³-hybridized carbons (Fsp3) is 0.0816. The van der Waals surface area contributed by atoms with Gasteiger partial charge < -0.3 is 4.57 Å². The molecule has 0 spiro atoms. The summed E-state index contributed by atoms with van der Waals surface area (Å²) in [5, 5.41) is 4.67. The van der Waals surface area contributed by atoms with Crippen LogP contribution in [-0.4, -0.2) is 24.1 Å². The maximum Gasteiger partial charge on any atom is 0.238 e. The van der Waals surface area contributed by atoms with E-state index in [1.54, 1.807) is 0 Å². The molecule has 3 heterocycles. The van der Waals surface area contributed by atoms with Crippen LogP contribution in [0.25, 0.3) is 89.2 Å². The molecule has 0 aliphatic carbocycles. The number of fused-ring (bicyclic) bond motifs is 7. The Bertz CT molecular complexity index is 3000. The van der Waals surface area contributed by atoms with Gasteiger partial charge in [-0.3, -0.25) is 4.57 Å². The molecule has 258 valence electrons. The third kappa shape index (κ3) is 5.20. The fourth-order valence-corrected chi connectivity index (χ4v) is 7.84. The highest BCUT2D eigenvalue weighted by Crippen LogP contribution is 2.42. The van der Waals surface area contributed by atoms with Crippen LogP contribution in [0, 0.1) is 0 Å². The van der Waals surface area contributed by atoms with Crippen molar-refractivity contribution >= 4 is 43.6 Å². The number of hydrogen-bond donors (Lipinski definition) is 0. The van der Waals surface area contributed by atoms with Crippen molar-refractivity contribution in [3.05, 3.63) is 175 Å². The highest BCUT2D eigenvalue weighted by molar-refractivity contribution is 6.23. The highest BCUT2D eigenvalue weighted by atomic mass is 15.2. The molecule has 0 fully saturated rings. The predicted octanol–water partition coefficient (Wildman–Crippen LogP) is 12.4. The first-order chi connectivity index (χ1) is 26.4. The Morgan fingerprint density at radius 2 is 0.870 bits per heavy atom. The van der Waals surface area contributed by atoms with Crippen molar-refractivity contribution in [3.63, 3.8) is 0 Å². The van der Waals surface area contributed by atoms with Crippen molar-refractivity contribution in [1.82, 2.24) is 24.1 Å². The number of rotatable bonds is 5. The second kappa shape index (κ2) is 12.4. The lowest BCUT2D eigenvalue weighted by Crippen LogP contribution is -2.11. The summed E-state index contributed by atoms with van der Waals surface area (Å²) in [6.45, 7) is 6.81. The maximum atomic E-state index is 5.32. The first kappa shape index (κ1) is 31.9. The van der Waals surface area contributed by atoms with E-state index in [9.17, 15) is 0 Å². The van der Waals surface area contributed by atoms with Gasteiger partial charge in [0.15, 0.2) is 11.6 Å². The van der Waals surface area contributed by atoms with Crippen molar-refractivity contribution in [1.29, 1.82) is 0 Å². The Morgan fingerprint density at radius 3 is 1.48 bits per heavy atom. The first-order valence-corrected chi connectivity index (χ1v) is 18.5. The molecule has 10 aromatic rings. The SMILES string of the molecule is CC(C)(C)c1cccc(-n2c3ccccc3c3ccc4c5ccccc5n(-c5nc(-c6ccccc6)nc(-c6ccc(-c7ccccc7)cc6)n5)c4c32)c1. The average molecular weight is 696 g/mol. The molecular formula is C49H37N5. The lowest BCUT2D eigenvalue weighted by atomic mass is 9.87. The Labute approximate surface area is 313 Å². The maximum absolute atomic E-state index is 5.32.